The number of benzene rings is 1. The highest BCUT2D eigenvalue weighted by Crippen LogP contribution is 2.30. The van der Waals surface area contributed by atoms with Gasteiger partial charge in [-0.05, 0) is 31.2 Å². The molecule has 5 rings (SSSR count). The van der Waals surface area contributed by atoms with Crippen LogP contribution in [0, 0.1) is 0 Å². The van der Waals surface area contributed by atoms with E-state index in [2.05, 4.69) is 25.5 Å². The van der Waals surface area contributed by atoms with Crippen LogP contribution < -0.4 is 15.4 Å². The number of aliphatic hydroxyl groups excluding tert-OH is 2. The van der Waals surface area contributed by atoms with Gasteiger partial charge in [0.1, 0.15) is 5.82 Å². The monoisotopic (exact) mass is 495 g/mol. The topological polar surface area (TPSA) is 120 Å². The highest BCUT2D eigenvalue weighted by atomic mass is 32.2. The quantitative estimate of drug-likeness (QED) is 0.390. The fourth-order valence-corrected chi connectivity index (χ4v) is 5.37. The first-order valence-electron chi connectivity index (χ1n) is 11.7. The van der Waals surface area contributed by atoms with Gasteiger partial charge in [-0.15, -0.1) is 11.8 Å². The zero-order valence-corrected chi connectivity index (χ0v) is 20.3. The van der Waals surface area contributed by atoms with Crippen molar-refractivity contribution in [3.63, 3.8) is 0 Å². The van der Waals surface area contributed by atoms with E-state index in [1.165, 1.54) is 11.8 Å². The van der Waals surface area contributed by atoms with Crippen molar-refractivity contribution in [2.75, 3.05) is 37.8 Å². The number of para-hydroxylation sites is 1. The zero-order chi connectivity index (χ0) is 24.4. The predicted molar refractivity (Wildman–Crippen MR) is 135 cm³/mol. The van der Waals surface area contributed by atoms with Crippen LogP contribution in [0.3, 0.4) is 0 Å². The van der Waals surface area contributed by atoms with E-state index in [-0.39, 0.29) is 11.9 Å². The second kappa shape index (κ2) is 10.5. The van der Waals surface area contributed by atoms with E-state index >= 15 is 0 Å². The minimum Gasteiger partial charge on any atom is -0.481 e. The summed E-state index contributed by atoms with van der Waals surface area (Å²) in [5, 5.41) is 28.9. The van der Waals surface area contributed by atoms with Gasteiger partial charge in [-0.25, -0.2) is 9.97 Å². The molecule has 0 aliphatic carbocycles. The number of carbonyl (C=O) groups excluding carboxylic acids is 1. The number of aliphatic hydroxyl groups is 2. The van der Waals surface area contributed by atoms with Crippen LogP contribution in [0.15, 0.2) is 47.4 Å². The number of rotatable bonds is 7. The Morgan fingerprint density at radius 1 is 1.26 bits per heavy atom. The van der Waals surface area contributed by atoms with Crippen molar-refractivity contribution in [2.45, 2.75) is 36.1 Å². The summed E-state index contributed by atoms with van der Waals surface area (Å²) in [6, 6.07) is 13.3. The number of thioether (sulfide) groups is 1. The number of nitrogens with zero attached hydrogens (tertiary/aromatic N) is 3. The summed E-state index contributed by atoms with van der Waals surface area (Å²) >= 11 is 1.49. The zero-order valence-electron chi connectivity index (χ0n) is 19.5. The second-order valence-electron chi connectivity index (χ2n) is 8.88. The summed E-state index contributed by atoms with van der Waals surface area (Å²) in [4.78, 5) is 23.7. The van der Waals surface area contributed by atoms with Gasteiger partial charge in [0.2, 0.25) is 11.8 Å². The number of pyridine rings is 2. The fraction of sp³-hybridized carbons (Fsp3) is 0.400. The number of fused-ring (bicyclic) bond motifs is 2. The molecule has 0 spiro atoms. The first-order chi connectivity index (χ1) is 17.0. The molecule has 1 aromatic carbocycles. The molecule has 35 heavy (non-hydrogen) atoms. The van der Waals surface area contributed by atoms with Crippen molar-refractivity contribution in [3.8, 4) is 5.88 Å². The number of ether oxygens (including phenoxy) is 1. The number of hydrogen-bond donors (Lipinski definition) is 4. The summed E-state index contributed by atoms with van der Waals surface area (Å²) < 4.78 is 5.25. The number of amides is 1. The molecule has 1 fully saturated rings. The van der Waals surface area contributed by atoms with E-state index in [4.69, 9.17) is 4.74 Å². The number of carbonyl (C=O) groups is 1. The van der Waals surface area contributed by atoms with Gasteiger partial charge in [-0.1, -0.05) is 18.2 Å². The molecule has 1 saturated heterocycles. The molecule has 0 radical (unpaired) electrons. The van der Waals surface area contributed by atoms with Gasteiger partial charge in [0.25, 0.3) is 0 Å². The molecular weight excluding hydrogens is 466 g/mol. The maximum atomic E-state index is 11.6. The Labute approximate surface area is 207 Å². The minimum absolute atomic E-state index is 0.0384. The van der Waals surface area contributed by atoms with Gasteiger partial charge in [0.05, 0.1) is 41.2 Å². The Morgan fingerprint density at radius 2 is 2.14 bits per heavy atom. The Bertz CT molecular complexity index is 1230. The number of hydrogen-bond acceptors (Lipinski definition) is 9. The summed E-state index contributed by atoms with van der Waals surface area (Å²) in [5.41, 5.74) is 2.29. The summed E-state index contributed by atoms with van der Waals surface area (Å²) in [5.74, 6) is 1.49. The third-order valence-corrected chi connectivity index (χ3v) is 7.52. The minimum atomic E-state index is -0.734. The average molecular weight is 496 g/mol. The van der Waals surface area contributed by atoms with Crippen LogP contribution in [0.4, 0.5) is 5.82 Å². The number of aromatic nitrogens is 2. The summed E-state index contributed by atoms with van der Waals surface area (Å²) in [7, 11) is 1.57. The first-order valence-corrected chi connectivity index (χ1v) is 12.7. The maximum absolute atomic E-state index is 11.6. The molecule has 0 saturated carbocycles. The molecule has 4 heterocycles. The number of methoxy groups -OCH3 is 1. The van der Waals surface area contributed by atoms with Gasteiger partial charge in [-0.3, -0.25) is 9.69 Å². The summed E-state index contributed by atoms with van der Waals surface area (Å²) in [6.07, 6.45) is -0.565. The van der Waals surface area contributed by atoms with Crippen LogP contribution in [0.5, 0.6) is 5.88 Å². The largest absolute Gasteiger partial charge is 0.481 e. The van der Waals surface area contributed by atoms with Gasteiger partial charge in [0.15, 0.2) is 0 Å². The van der Waals surface area contributed by atoms with Gasteiger partial charge in [0, 0.05) is 42.7 Å². The summed E-state index contributed by atoms with van der Waals surface area (Å²) in [6.45, 7) is 2.12. The van der Waals surface area contributed by atoms with Crippen LogP contribution in [-0.2, 0) is 11.3 Å². The van der Waals surface area contributed by atoms with Crippen LogP contribution in [0.1, 0.15) is 23.8 Å². The molecular formula is C25H29N5O4S. The SMILES string of the molecule is COc1ccc2cccc([C@H](O)CN3CC[C@H](NCc4ccc5c(n4)NC(=O)CS5)[C@H](O)C3)c2n1. The molecule has 1 amide bonds. The van der Waals surface area contributed by atoms with E-state index in [1.54, 1.807) is 13.2 Å². The standard InChI is InChI=1S/C25H29N5O4S/c1-34-23-8-5-15-3-2-4-17(24(15)29-23)19(31)12-30-10-9-18(20(32)13-30)26-11-16-6-7-21-25(27-16)28-22(33)14-35-21/h2-8,18-20,26,31-32H,9-14H2,1H3,(H,27,28,33)/t18-,19+,20+/m0/s1. The normalized spacial score (nSPS) is 21.4. The van der Waals surface area contributed by atoms with E-state index in [0.717, 1.165) is 40.0 Å². The lowest BCUT2D eigenvalue weighted by Gasteiger charge is -2.37. The van der Waals surface area contributed by atoms with Crippen LogP contribution in [0.2, 0.25) is 0 Å². The van der Waals surface area contributed by atoms with Crippen molar-refractivity contribution in [1.82, 2.24) is 20.2 Å². The maximum Gasteiger partial charge on any atom is 0.235 e. The van der Waals surface area contributed by atoms with Crippen LogP contribution in [-0.4, -0.2) is 75.6 Å². The first kappa shape index (κ1) is 24.0. The average Bonchev–Trinajstić information content (AvgIpc) is 2.87. The van der Waals surface area contributed by atoms with Crippen molar-refractivity contribution < 1.29 is 19.7 Å². The lowest BCUT2D eigenvalue weighted by atomic mass is 9.99. The molecule has 4 N–H and O–H groups in total. The number of anilines is 1. The number of nitrogens with one attached hydrogen (secondary N) is 2. The molecule has 2 aromatic heterocycles. The highest BCUT2D eigenvalue weighted by Gasteiger charge is 2.29. The fourth-order valence-electron chi connectivity index (χ4n) is 4.62. The molecule has 10 heteroatoms. The lowest BCUT2D eigenvalue weighted by Crippen LogP contribution is -2.53. The van der Waals surface area contributed by atoms with Crippen molar-refractivity contribution in [1.29, 1.82) is 0 Å². The molecule has 0 unspecified atom stereocenters. The van der Waals surface area contributed by atoms with E-state index in [9.17, 15) is 15.0 Å². The molecule has 2 aliphatic heterocycles. The van der Waals surface area contributed by atoms with E-state index < -0.39 is 12.2 Å². The smallest absolute Gasteiger partial charge is 0.235 e. The van der Waals surface area contributed by atoms with Gasteiger partial charge in [-0.2, -0.15) is 0 Å². The Kier molecular flexibility index (Phi) is 7.17. The number of likely N-dealkylation sites (tertiary alicyclic amines) is 1. The number of β-amino-alcohol motifs (C(OH)–C–C–N with tert-alkyl or cyclic N) is 2. The highest BCUT2D eigenvalue weighted by molar-refractivity contribution is 8.00. The van der Waals surface area contributed by atoms with Gasteiger partial charge < -0.3 is 25.6 Å². The molecule has 184 valence electrons. The van der Waals surface area contributed by atoms with Gasteiger partial charge >= 0.3 is 0 Å². The molecule has 2 aliphatic rings. The predicted octanol–water partition coefficient (Wildman–Crippen LogP) is 1.94. The van der Waals surface area contributed by atoms with Crippen molar-refractivity contribution in [3.05, 3.63) is 53.7 Å². The second-order valence-corrected chi connectivity index (χ2v) is 9.89. The van der Waals surface area contributed by atoms with E-state index in [1.807, 2.05) is 36.4 Å². The Hall–Kier alpha value is -2.76. The molecule has 3 aromatic rings. The molecule has 0 bridgehead atoms. The van der Waals surface area contributed by atoms with E-state index in [0.29, 0.717) is 37.1 Å². The van der Waals surface area contributed by atoms with Crippen molar-refractivity contribution >= 4 is 34.4 Å². The van der Waals surface area contributed by atoms with Crippen LogP contribution in [0.25, 0.3) is 10.9 Å². The lowest BCUT2D eigenvalue weighted by molar-refractivity contribution is -0.113. The molecule has 3 atom stereocenters. The third-order valence-electron chi connectivity index (χ3n) is 6.47. The van der Waals surface area contributed by atoms with Crippen LogP contribution >= 0.6 is 11.8 Å². The molecule has 9 nitrogen and oxygen atoms in total. The van der Waals surface area contributed by atoms with Crippen molar-refractivity contribution in [2.24, 2.45) is 0 Å². The number of piperidine rings is 1. The Balaban J connectivity index is 1.17. The Morgan fingerprint density at radius 3 is 2.97 bits per heavy atom. The third kappa shape index (κ3) is 5.41.